The number of aliphatic hydroxyl groups is 1. The lowest BCUT2D eigenvalue weighted by molar-refractivity contribution is 0.201. The molecule has 0 amide bonds. The van der Waals surface area contributed by atoms with Gasteiger partial charge < -0.3 is 24.9 Å². The van der Waals surface area contributed by atoms with Crippen LogP contribution >= 0.6 is 34.2 Å². The summed E-state index contributed by atoms with van der Waals surface area (Å²) in [5, 5.41) is 20.7. The molecule has 0 aliphatic carbocycles. The van der Waals surface area contributed by atoms with Crippen LogP contribution in [0.25, 0.3) is 22.5 Å². The Hall–Kier alpha value is -3.54. The van der Waals surface area contributed by atoms with Gasteiger partial charge in [0.15, 0.2) is 0 Å². The van der Waals surface area contributed by atoms with Crippen molar-refractivity contribution in [3.05, 3.63) is 109 Å². The molecule has 0 fully saturated rings. The number of ether oxygens (including phenoxy) is 1. The quantitative estimate of drug-likeness (QED) is 0.146. The second-order valence-corrected chi connectivity index (χ2v) is 10.7. The van der Waals surface area contributed by atoms with Crippen LogP contribution in [0, 0.1) is 3.57 Å². The Labute approximate surface area is 243 Å². The van der Waals surface area contributed by atoms with Crippen molar-refractivity contribution in [1.82, 2.24) is 19.5 Å². The van der Waals surface area contributed by atoms with Gasteiger partial charge in [-0.3, -0.25) is 4.57 Å². The summed E-state index contributed by atoms with van der Waals surface area (Å²) in [6.45, 7) is 2.06. The van der Waals surface area contributed by atoms with Crippen molar-refractivity contribution in [2.24, 2.45) is 0 Å². The molecule has 0 spiro atoms. The average molecular weight is 657 g/mol. The third-order valence-corrected chi connectivity index (χ3v) is 7.55. The summed E-state index contributed by atoms with van der Waals surface area (Å²) >= 11 is 8.87. The first-order chi connectivity index (χ1) is 18.9. The molecule has 0 unspecified atom stereocenters. The molecule has 4 N–H and O–H groups in total. The van der Waals surface area contributed by atoms with Crippen LogP contribution in [0.1, 0.15) is 30.3 Å². The number of aliphatic hydroxyl groups excluding tert-OH is 1. The summed E-state index contributed by atoms with van der Waals surface area (Å²) in [4.78, 5) is 24.2. The number of nitrogens with zero attached hydrogens (tertiary/aromatic N) is 2. The smallest absolute Gasteiger partial charge is 0.329 e. The van der Waals surface area contributed by atoms with Crippen LogP contribution in [0.15, 0.2) is 83.7 Å². The van der Waals surface area contributed by atoms with Gasteiger partial charge in [0.2, 0.25) is 5.88 Å². The van der Waals surface area contributed by atoms with E-state index in [0.717, 1.165) is 14.7 Å². The van der Waals surface area contributed by atoms with E-state index in [1.54, 1.807) is 24.3 Å². The Morgan fingerprint density at radius 1 is 1.00 bits per heavy atom. The van der Waals surface area contributed by atoms with E-state index >= 15 is 0 Å². The molecule has 0 radical (unpaired) electrons. The lowest BCUT2D eigenvalue weighted by Crippen LogP contribution is -2.27. The molecule has 5 aromatic rings. The Morgan fingerprint density at radius 2 is 1.67 bits per heavy atom. The van der Waals surface area contributed by atoms with E-state index in [-0.39, 0.29) is 30.7 Å². The molecule has 0 saturated heterocycles. The third-order valence-electron chi connectivity index (χ3n) is 6.56. The summed E-state index contributed by atoms with van der Waals surface area (Å²) in [6, 6.07) is 23.7. The number of nitrogens with one attached hydrogen (secondary N) is 2. The van der Waals surface area contributed by atoms with Crippen LogP contribution in [0.3, 0.4) is 0 Å². The van der Waals surface area contributed by atoms with Gasteiger partial charge in [0.1, 0.15) is 40.8 Å². The van der Waals surface area contributed by atoms with E-state index in [4.69, 9.17) is 26.4 Å². The lowest BCUT2D eigenvalue weighted by atomic mass is 9.92. The number of rotatable bonds is 9. The van der Waals surface area contributed by atoms with Crippen LogP contribution in [-0.4, -0.2) is 42.9 Å². The zero-order valence-corrected chi connectivity index (χ0v) is 23.8. The van der Waals surface area contributed by atoms with Crippen molar-refractivity contribution in [3.63, 3.8) is 0 Å². The number of aromatic hydroxyl groups is 1. The number of halogens is 2. The molecular formula is C29H26ClIN4O4. The minimum atomic E-state index is -0.702. The standard InChI is InChI=1S/C29H26ClIN4O4/c1-17(18-5-3-2-4-6-18)25(27-32-23(26(30)34-27)19-7-11-21(31)12-8-19)35-28(37)24(33-29(35)38)20-9-13-22(14-10-20)39-16-15-36/h2-14,17,25,36-37H,15-16H2,1H3,(H,32,34)(H,33,38)/t17-,25-/m0/s1. The molecule has 0 bridgehead atoms. The van der Waals surface area contributed by atoms with E-state index in [1.807, 2.05) is 61.5 Å². The first kappa shape index (κ1) is 27.0. The summed E-state index contributed by atoms with van der Waals surface area (Å²) < 4.78 is 7.82. The first-order valence-corrected chi connectivity index (χ1v) is 13.8. The predicted octanol–water partition coefficient (Wildman–Crippen LogP) is 5.96. The molecule has 39 heavy (non-hydrogen) atoms. The molecule has 2 heterocycles. The van der Waals surface area contributed by atoms with Crippen molar-refractivity contribution in [1.29, 1.82) is 0 Å². The fraction of sp³-hybridized carbons (Fsp3) is 0.172. The van der Waals surface area contributed by atoms with Gasteiger partial charge >= 0.3 is 5.69 Å². The number of hydrogen-bond donors (Lipinski definition) is 4. The van der Waals surface area contributed by atoms with Gasteiger partial charge in [-0.15, -0.1) is 0 Å². The maximum atomic E-state index is 13.4. The second kappa shape index (κ2) is 11.7. The highest BCUT2D eigenvalue weighted by molar-refractivity contribution is 14.1. The van der Waals surface area contributed by atoms with Gasteiger partial charge in [0, 0.05) is 20.6 Å². The highest BCUT2D eigenvalue weighted by Gasteiger charge is 2.32. The SMILES string of the molecule is C[C@@H](c1ccccc1)[C@@H](c1nc(-c2ccc(I)cc2)c(Cl)[nH]1)n1c(O)c(-c2ccc(OCCO)cc2)[nH]c1=O. The first-order valence-electron chi connectivity index (χ1n) is 12.3. The van der Waals surface area contributed by atoms with Gasteiger partial charge in [-0.25, -0.2) is 9.78 Å². The highest BCUT2D eigenvalue weighted by atomic mass is 127. The molecule has 5 rings (SSSR count). The Kier molecular flexibility index (Phi) is 8.10. The average Bonchev–Trinajstić information content (AvgIpc) is 3.48. The number of benzene rings is 3. The van der Waals surface area contributed by atoms with Crippen LogP contribution in [0.5, 0.6) is 11.6 Å². The normalized spacial score (nSPS) is 12.8. The summed E-state index contributed by atoms with van der Waals surface area (Å²) in [5.74, 6) is 0.526. The molecule has 2 aromatic heterocycles. The summed E-state index contributed by atoms with van der Waals surface area (Å²) in [5.41, 5.74) is 2.75. The maximum Gasteiger partial charge on any atom is 0.329 e. The van der Waals surface area contributed by atoms with Crippen LogP contribution in [0.4, 0.5) is 0 Å². The molecule has 2 atom stereocenters. The fourth-order valence-electron chi connectivity index (χ4n) is 4.61. The molecule has 10 heteroatoms. The number of aromatic amines is 2. The molecule has 0 saturated carbocycles. The Bertz CT molecular complexity index is 1610. The van der Waals surface area contributed by atoms with Crippen LogP contribution in [-0.2, 0) is 0 Å². The number of imidazole rings is 2. The highest BCUT2D eigenvalue weighted by Crippen LogP contribution is 2.39. The van der Waals surface area contributed by atoms with Gasteiger partial charge in [0.25, 0.3) is 0 Å². The Balaban J connectivity index is 1.61. The van der Waals surface area contributed by atoms with Crippen LogP contribution in [0.2, 0.25) is 5.15 Å². The second-order valence-electron chi connectivity index (χ2n) is 9.03. The molecule has 200 valence electrons. The summed E-state index contributed by atoms with van der Waals surface area (Å²) in [7, 11) is 0. The third kappa shape index (κ3) is 5.61. The monoisotopic (exact) mass is 656 g/mol. The maximum absolute atomic E-state index is 13.4. The van der Waals surface area contributed by atoms with E-state index in [9.17, 15) is 9.90 Å². The molecule has 8 nitrogen and oxygen atoms in total. The van der Waals surface area contributed by atoms with E-state index in [0.29, 0.717) is 28.0 Å². The zero-order chi connectivity index (χ0) is 27.5. The van der Waals surface area contributed by atoms with E-state index < -0.39 is 11.7 Å². The van der Waals surface area contributed by atoms with Crippen molar-refractivity contribution in [2.75, 3.05) is 13.2 Å². The molecule has 0 aliphatic heterocycles. The van der Waals surface area contributed by atoms with E-state index in [2.05, 4.69) is 32.6 Å². The lowest BCUT2D eigenvalue weighted by Gasteiger charge is -2.24. The summed E-state index contributed by atoms with van der Waals surface area (Å²) in [6.07, 6.45) is 0. The number of aromatic nitrogens is 4. The van der Waals surface area contributed by atoms with Gasteiger partial charge in [-0.1, -0.05) is 61.0 Å². The van der Waals surface area contributed by atoms with Gasteiger partial charge in [-0.05, 0) is 64.6 Å². The topological polar surface area (TPSA) is 116 Å². The largest absolute Gasteiger partial charge is 0.493 e. The van der Waals surface area contributed by atoms with Crippen molar-refractivity contribution < 1.29 is 14.9 Å². The molecule has 0 aliphatic rings. The predicted molar refractivity (Wildman–Crippen MR) is 159 cm³/mol. The minimum absolute atomic E-state index is 0.0955. The Morgan fingerprint density at radius 3 is 2.33 bits per heavy atom. The number of H-pyrrole nitrogens is 2. The zero-order valence-electron chi connectivity index (χ0n) is 20.9. The van der Waals surface area contributed by atoms with E-state index in [1.165, 1.54) is 4.57 Å². The number of hydrogen-bond acceptors (Lipinski definition) is 5. The van der Waals surface area contributed by atoms with Gasteiger partial charge in [-0.2, -0.15) is 0 Å². The van der Waals surface area contributed by atoms with Gasteiger partial charge in [0.05, 0.1) is 6.61 Å². The fourth-order valence-corrected chi connectivity index (χ4v) is 5.22. The minimum Gasteiger partial charge on any atom is -0.493 e. The molecular weight excluding hydrogens is 631 g/mol. The van der Waals surface area contributed by atoms with Crippen molar-refractivity contribution in [3.8, 4) is 34.1 Å². The van der Waals surface area contributed by atoms with Crippen molar-refractivity contribution in [2.45, 2.75) is 18.9 Å². The van der Waals surface area contributed by atoms with Crippen LogP contribution < -0.4 is 10.4 Å². The van der Waals surface area contributed by atoms with Crippen molar-refractivity contribution >= 4 is 34.2 Å². The molecule has 3 aromatic carbocycles.